The second kappa shape index (κ2) is 6.67. The first-order valence-corrected chi connectivity index (χ1v) is 7.59. The van der Waals surface area contributed by atoms with Gasteiger partial charge in [-0.25, -0.2) is 12.8 Å². The molecule has 1 rings (SSSR count). The van der Waals surface area contributed by atoms with E-state index in [0.29, 0.717) is 6.54 Å². The summed E-state index contributed by atoms with van der Waals surface area (Å²) < 4.78 is 39.4. The van der Waals surface area contributed by atoms with Gasteiger partial charge in [0, 0.05) is 13.1 Å². The van der Waals surface area contributed by atoms with Gasteiger partial charge in [-0.05, 0) is 19.1 Å². The second-order valence-corrected chi connectivity index (χ2v) is 5.92. The lowest BCUT2D eigenvalue weighted by atomic mass is 10.3. The van der Waals surface area contributed by atoms with Crippen molar-refractivity contribution >= 4 is 21.6 Å². The molecule has 1 aromatic rings. The van der Waals surface area contributed by atoms with Gasteiger partial charge in [-0.2, -0.15) is 4.31 Å². The summed E-state index contributed by atoms with van der Waals surface area (Å²) in [7, 11) is -4.15. The first-order chi connectivity index (χ1) is 9.34. The van der Waals surface area contributed by atoms with Crippen molar-refractivity contribution in [3.05, 3.63) is 24.0 Å². The van der Waals surface area contributed by atoms with Crippen LogP contribution in [0.3, 0.4) is 0 Å². The largest absolute Gasteiger partial charge is 0.398 e. The van der Waals surface area contributed by atoms with Gasteiger partial charge in [-0.3, -0.25) is 4.79 Å². The molecule has 3 N–H and O–H groups in total. The average Bonchev–Trinajstić information content (AvgIpc) is 2.35. The molecule has 0 radical (unpaired) electrons. The summed E-state index contributed by atoms with van der Waals surface area (Å²) in [5, 5.41) is 2.49. The topological polar surface area (TPSA) is 92.5 Å². The third-order valence-corrected chi connectivity index (χ3v) is 4.66. The maximum Gasteiger partial charge on any atom is 0.248 e. The lowest BCUT2D eigenvalue weighted by Crippen LogP contribution is -2.41. The molecule has 0 aliphatic heterocycles. The number of anilines is 1. The van der Waals surface area contributed by atoms with E-state index in [9.17, 15) is 17.6 Å². The number of hydrogen-bond acceptors (Lipinski definition) is 4. The average molecular weight is 303 g/mol. The van der Waals surface area contributed by atoms with Crippen LogP contribution in [0.2, 0.25) is 0 Å². The van der Waals surface area contributed by atoms with Gasteiger partial charge < -0.3 is 11.1 Å². The number of sulfonamides is 1. The van der Waals surface area contributed by atoms with Crippen LogP contribution < -0.4 is 11.1 Å². The van der Waals surface area contributed by atoms with Gasteiger partial charge in [0.15, 0.2) is 0 Å². The maximum absolute atomic E-state index is 13.7. The van der Waals surface area contributed by atoms with Crippen molar-refractivity contribution in [3.63, 3.8) is 0 Å². The van der Waals surface area contributed by atoms with Gasteiger partial charge >= 0.3 is 0 Å². The number of rotatable bonds is 6. The Labute approximate surface area is 117 Å². The molecular formula is C12H18FN3O3S. The van der Waals surface area contributed by atoms with Crippen LogP contribution >= 0.6 is 0 Å². The highest BCUT2D eigenvalue weighted by molar-refractivity contribution is 7.89. The molecule has 0 saturated carbocycles. The molecule has 0 unspecified atom stereocenters. The number of nitrogen functional groups attached to an aromatic ring is 1. The van der Waals surface area contributed by atoms with Crippen LogP contribution in [0, 0.1) is 5.82 Å². The predicted octanol–water partition coefficient (Wildman–Crippen LogP) is 0.555. The zero-order valence-corrected chi connectivity index (χ0v) is 12.2. The summed E-state index contributed by atoms with van der Waals surface area (Å²) in [4.78, 5) is 10.9. The molecule has 0 heterocycles. The Kier molecular flexibility index (Phi) is 5.46. The van der Waals surface area contributed by atoms with Crippen LogP contribution in [0.25, 0.3) is 0 Å². The molecule has 112 valence electrons. The number of carbonyl (C=O) groups excluding carboxylic acids is 1. The number of amides is 1. The Morgan fingerprint density at radius 3 is 2.55 bits per heavy atom. The van der Waals surface area contributed by atoms with E-state index in [1.54, 1.807) is 13.8 Å². The Bertz CT molecular complexity index is 569. The Morgan fingerprint density at radius 2 is 2.05 bits per heavy atom. The van der Waals surface area contributed by atoms with Gasteiger partial charge in [0.05, 0.1) is 12.2 Å². The highest BCUT2D eigenvalue weighted by Gasteiger charge is 2.29. The molecule has 0 aromatic heterocycles. The van der Waals surface area contributed by atoms with Gasteiger partial charge in [-0.1, -0.05) is 13.0 Å². The van der Waals surface area contributed by atoms with Gasteiger partial charge in [0.2, 0.25) is 15.9 Å². The van der Waals surface area contributed by atoms with Crippen LogP contribution in [0.4, 0.5) is 10.1 Å². The number of halogens is 1. The fourth-order valence-corrected chi connectivity index (χ4v) is 3.27. The number of nitrogens with zero attached hydrogens (tertiary/aromatic N) is 1. The van der Waals surface area contributed by atoms with E-state index in [4.69, 9.17) is 5.73 Å². The number of hydrogen-bond donors (Lipinski definition) is 2. The normalized spacial score (nSPS) is 11.6. The number of nitrogens with one attached hydrogen (secondary N) is 1. The first-order valence-electron chi connectivity index (χ1n) is 6.15. The van der Waals surface area contributed by atoms with Crippen molar-refractivity contribution in [3.8, 4) is 0 Å². The molecule has 0 fully saturated rings. The number of carbonyl (C=O) groups is 1. The zero-order valence-electron chi connectivity index (χ0n) is 11.4. The number of nitrogens with two attached hydrogens (primary N) is 1. The fourth-order valence-electron chi connectivity index (χ4n) is 1.71. The monoisotopic (exact) mass is 303 g/mol. The lowest BCUT2D eigenvalue weighted by molar-refractivity contribution is -0.121. The van der Waals surface area contributed by atoms with Gasteiger partial charge in [0.1, 0.15) is 10.7 Å². The van der Waals surface area contributed by atoms with Gasteiger partial charge in [-0.15, -0.1) is 0 Å². The molecule has 0 saturated heterocycles. The van der Waals surface area contributed by atoms with Crippen LogP contribution in [0.1, 0.15) is 13.8 Å². The van der Waals surface area contributed by atoms with E-state index < -0.39 is 26.6 Å². The van der Waals surface area contributed by atoms with Crippen LogP contribution in [0.15, 0.2) is 23.1 Å². The minimum atomic E-state index is -4.15. The maximum atomic E-state index is 13.7. The van der Waals surface area contributed by atoms with Crippen molar-refractivity contribution in [2.24, 2.45) is 0 Å². The molecule has 0 aliphatic rings. The summed E-state index contributed by atoms with van der Waals surface area (Å²) in [5.41, 5.74) is 5.36. The first kappa shape index (κ1) is 16.4. The summed E-state index contributed by atoms with van der Waals surface area (Å²) in [6.45, 7) is 3.33. The van der Waals surface area contributed by atoms with Crippen molar-refractivity contribution in [1.82, 2.24) is 9.62 Å². The Morgan fingerprint density at radius 1 is 1.40 bits per heavy atom. The molecule has 0 bridgehead atoms. The smallest absolute Gasteiger partial charge is 0.248 e. The molecular weight excluding hydrogens is 285 g/mol. The Balaban J connectivity index is 3.16. The molecule has 20 heavy (non-hydrogen) atoms. The van der Waals surface area contributed by atoms with Crippen molar-refractivity contribution in [1.29, 1.82) is 0 Å². The highest BCUT2D eigenvalue weighted by Crippen LogP contribution is 2.25. The SMILES string of the molecule is CCNC(=O)CN(CC)S(=O)(=O)c1c(N)cccc1F. The minimum absolute atomic E-state index is 0.0350. The molecule has 8 heteroatoms. The molecule has 1 amide bonds. The zero-order chi connectivity index (χ0) is 15.3. The summed E-state index contributed by atoms with van der Waals surface area (Å²) in [6, 6.07) is 3.64. The standard InChI is InChI=1S/C12H18FN3O3S/c1-3-15-11(17)8-16(4-2)20(18,19)12-9(13)6-5-7-10(12)14/h5-7H,3-4,8,14H2,1-2H3,(H,15,17). The third-order valence-electron chi connectivity index (χ3n) is 2.64. The minimum Gasteiger partial charge on any atom is -0.398 e. The van der Waals surface area contributed by atoms with E-state index in [-0.39, 0.29) is 18.8 Å². The third kappa shape index (κ3) is 3.45. The van der Waals surface area contributed by atoms with Crippen molar-refractivity contribution < 1.29 is 17.6 Å². The van der Waals surface area contributed by atoms with Crippen molar-refractivity contribution in [2.75, 3.05) is 25.4 Å². The quantitative estimate of drug-likeness (QED) is 0.751. The van der Waals surface area contributed by atoms with Crippen LogP contribution in [0.5, 0.6) is 0 Å². The van der Waals surface area contributed by atoms with Crippen LogP contribution in [-0.2, 0) is 14.8 Å². The summed E-state index contributed by atoms with van der Waals surface area (Å²) in [6.07, 6.45) is 0. The fraction of sp³-hybridized carbons (Fsp3) is 0.417. The van der Waals surface area contributed by atoms with E-state index in [1.807, 2.05) is 0 Å². The number of likely N-dealkylation sites (N-methyl/N-ethyl adjacent to an activating group) is 2. The molecule has 0 spiro atoms. The van der Waals surface area contributed by atoms with Crippen molar-refractivity contribution in [2.45, 2.75) is 18.7 Å². The number of benzene rings is 1. The Hall–Kier alpha value is -1.67. The van der Waals surface area contributed by atoms with Gasteiger partial charge in [0.25, 0.3) is 0 Å². The second-order valence-electron chi connectivity index (χ2n) is 4.04. The molecule has 6 nitrogen and oxygen atoms in total. The lowest BCUT2D eigenvalue weighted by Gasteiger charge is -2.21. The van der Waals surface area contributed by atoms with E-state index in [0.717, 1.165) is 10.4 Å². The molecule has 0 aliphatic carbocycles. The molecule has 0 atom stereocenters. The summed E-state index contributed by atoms with van der Waals surface area (Å²) in [5.74, 6) is -1.38. The predicted molar refractivity (Wildman–Crippen MR) is 73.9 cm³/mol. The summed E-state index contributed by atoms with van der Waals surface area (Å²) >= 11 is 0. The highest BCUT2D eigenvalue weighted by atomic mass is 32.2. The van der Waals surface area contributed by atoms with E-state index in [2.05, 4.69) is 5.32 Å². The van der Waals surface area contributed by atoms with E-state index in [1.165, 1.54) is 12.1 Å². The van der Waals surface area contributed by atoms with E-state index >= 15 is 0 Å². The van der Waals surface area contributed by atoms with Crippen LogP contribution in [-0.4, -0.2) is 38.3 Å². The molecule has 1 aromatic carbocycles.